The summed E-state index contributed by atoms with van der Waals surface area (Å²) in [5.41, 5.74) is 14.4. The second-order valence-corrected chi connectivity index (χ2v) is 16.7. The van der Waals surface area contributed by atoms with Crippen LogP contribution in [0.2, 0.25) is 0 Å². The second kappa shape index (κ2) is 18.6. The molecule has 314 valence electrons. The van der Waals surface area contributed by atoms with Gasteiger partial charge >= 0.3 is 0 Å². The Bertz CT molecular complexity index is 3450. The van der Waals surface area contributed by atoms with Gasteiger partial charge < -0.3 is 9.30 Å². The molecular formula is C61H54N2S. The molecule has 0 aliphatic rings. The number of thiophene rings is 1. The predicted molar refractivity (Wildman–Crippen MR) is 284 cm³/mol. The number of hydrogen-bond donors (Lipinski definition) is 0. The van der Waals surface area contributed by atoms with Crippen LogP contribution in [0.5, 0.6) is 0 Å². The third kappa shape index (κ3) is 7.46. The molecule has 0 aliphatic heterocycles. The first kappa shape index (κ1) is 42.1. The van der Waals surface area contributed by atoms with Gasteiger partial charge in [0.2, 0.25) is 0 Å². The normalized spacial score (nSPS) is 11.0. The summed E-state index contributed by atoms with van der Waals surface area (Å²) < 4.78 is 5.14. The highest BCUT2D eigenvalue weighted by Gasteiger charge is 2.20. The largest absolute Gasteiger partial charge is 0.311 e. The van der Waals surface area contributed by atoms with Crippen molar-refractivity contribution in [2.45, 2.75) is 48.0 Å². The molecule has 9 aromatic carbocycles. The Morgan fingerprint density at radius 3 is 1.44 bits per heavy atom. The lowest BCUT2D eigenvalue weighted by Gasteiger charge is -2.26. The molecule has 0 spiro atoms. The van der Waals surface area contributed by atoms with Crippen molar-refractivity contribution in [3.8, 4) is 33.4 Å². The fraction of sp³-hybridized carbons (Fsp3) is 0.115. The average molecular weight is 847 g/mol. The van der Waals surface area contributed by atoms with Gasteiger partial charge in [-0.3, -0.25) is 0 Å². The number of fused-ring (bicyclic) bond motifs is 9. The maximum absolute atomic E-state index is 2.49. The first-order valence-corrected chi connectivity index (χ1v) is 23.7. The standard InChI is InChI=1S/C54H34N2S.C3H8.2C2H6/c1-2-10-35(11-3-1)36-20-27-40(28-21-36)55(41-29-22-37(23-30-41)39-26-33-52-49(34-39)45-13-5-7-19-51(45)57-52)42-31-24-38(25-32-42)43-14-8-16-47-48-17-9-15-46-44-12-4-6-18-50(44)56(53(43)47)54(46)48;1-3-2;2*1-2/h1-34H;3H2,1-2H3;2*1-2H3. The van der Waals surface area contributed by atoms with Gasteiger partial charge in [0.05, 0.1) is 16.6 Å². The van der Waals surface area contributed by atoms with Crippen molar-refractivity contribution >= 4 is 86.7 Å². The highest BCUT2D eigenvalue weighted by atomic mass is 32.1. The van der Waals surface area contributed by atoms with Crippen LogP contribution in [0.3, 0.4) is 0 Å². The number of para-hydroxylation sites is 3. The van der Waals surface area contributed by atoms with Crippen LogP contribution in [0.1, 0.15) is 48.0 Å². The van der Waals surface area contributed by atoms with Gasteiger partial charge in [0.15, 0.2) is 0 Å². The van der Waals surface area contributed by atoms with E-state index < -0.39 is 0 Å². The van der Waals surface area contributed by atoms with Crippen LogP contribution in [0.15, 0.2) is 206 Å². The van der Waals surface area contributed by atoms with Crippen LogP contribution in [0.25, 0.3) is 91.6 Å². The molecule has 0 atom stereocenters. The number of hydrogen-bond acceptors (Lipinski definition) is 2. The van der Waals surface area contributed by atoms with E-state index in [0.29, 0.717) is 0 Å². The number of benzene rings is 9. The van der Waals surface area contributed by atoms with Gasteiger partial charge in [-0.2, -0.15) is 0 Å². The minimum atomic E-state index is 1.11. The molecule has 3 aromatic heterocycles. The quantitative estimate of drug-likeness (QED) is 0.162. The molecule has 64 heavy (non-hydrogen) atoms. The summed E-state index contributed by atoms with van der Waals surface area (Å²) in [6, 6.07) is 75.6. The summed E-state index contributed by atoms with van der Waals surface area (Å²) in [6.07, 6.45) is 1.25. The Morgan fingerprint density at radius 1 is 0.359 bits per heavy atom. The van der Waals surface area contributed by atoms with Crippen molar-refractivity contribution in [1.29, 1.82) is 0 Å². The summed E-state index contributed by atoms with van der Waals surface area (Å²) in [5.74, 6) is 0. The van der Waals surface area contributed by atoms with E-state index in [0.717, 1.165) is 17.1 Å². The third-order valence-electron chi connectivity index (χ3n) is 11.7. The Kier molecular flexibility index (Phi) is 12.3. The van der Waals surface area contributed by atoms with Crippen LogP contribution >= 0.6 is 11.3 Å². The maximum Gasteiger partial charge on any atom is 0.0620 e. The van der Waals surface area contributed by atoms with E-state index in [1.807, 2.05) is 39.0 Å². The number of aromatic nitrogens is 1. The topological polar surface area (TPSA) is 7.65 Å². The Balaban J connectivity index is 0.000000704. The van der Waals surface area contributed by atoms with Crippen molar-refractivity contribution in [2.75, 3.05) is 4.90 Å². The molecule has 0 N–H and O–H groups in total. The third-order valence-corrected chi connectivity index (χ3v) is 12.9. The van der Waals surface area contributed by atoms with Crippen molar-refractivity contribution in [3.63, 3.8) is 0 Å². The van der Waals surface area contributed by atoms with Gasteiger partial charge in [-0.05, 0) is 88.5 Å². The molecule has 0 unspecified atom stereocenters. The minimum absolute atomic E-state index is 1.11. The average Bonchev–Trinajstić information content (AvgIpc) is 4.04. The number of rotatable bonds is 6. The lowest BCUT2D eigenvalue weighted by Crippen LogP contribution is -2.09. The van der Waals surface area contributed by atoms with Crippen LogP contribution in [-0.2, 0) is 0 Å². The van der Waals surface area contributed by atoms with Crippen molar-refractivity contribution in [1.82, 2.24) is 4.40 Å². The highest BCUT2D eigenvalue weighted by Crippen LogP contribution is 2.44. The molecule has 3 heteroatoms. The smallest absolute Gasteiger partial charge is 0.0620 e. The first-order valence-electron chi connectivity index (χ1n) is 22.9. The molecule has 0 bridgehead atoms. The zero-order valence-electron chi connectivity index (χ0n) is 37.6. The number of anilines is 3. The zero-order valence-corrected chi connectivity index (χ0v) is 38.5. The highest BCUT2D eigenvalue weighted by molar-refractivity contribution is 7.25. The monoisotopic (exact) mass is 846 g/mol. The van der Waals surface area contributed by atoms with Crippen molar-refractivity contribution in [2.24, 2.45) is 0 Å². The van der Waals surface area contributed by atoms with E-state index in [1.54, 1.807) is 0 Å². The van der Waals surface area contributed by atoms with Gasteiger partial charge in [-0.25, -0.2) is 0 Å². The van der Waals surface area contributed by atoms with E-state index in [-0.39, 0.29) is 0 Å². The van der Waals surface area contributed by atoms with E-state index >= 15 is 0 Å². The van der Waals surface area contributed by atoms with E-state index in [9.17, 15) is 0 Å². The molecular weight excluding hydrogens is 793 g/mol. The summed E-state index contributed by atoms with van der Waals surface area (Å²) in [7, 11) is 0. The first-order chi connectivity index (χ1) is 31.7. The van der Waals surface area contributed by atoms with Gasteiger partial charge in [0, 0.05) is 64.3 Å². The van der Waals surface area contributed by atoms with Crippen LogP contribution in [-0.4, -0.2) is 4.40 Å². The van der Waals surface area contributed by atoms with Gasteiger partial charge in [-0.15, -0.1) is 11.3 Å². The zero-order chi connectivity index (χ0) is 44.2. The summed E-state index contributed by atoms with van der Waals surface area (Å²) in [6.45, 7) is 12.2. The van der Waals surface area contributed by atoms with E-state index in [1.165, 1.54) is 98.1 Å². The molecule has 12 rings (SSSR count). The molecule has 0 saturated heterocycles. The van der Waals surface area contributed by atoms with E-state index in [2.05, 4.69) is 229 Å². The lowest BCUT2D eigenvalue weighted by molar-refractivity contribution is 1.09. The van der Waals surface area contributed by atoms with Crippen molar-refractivity contribution in [3.05, 3.63) is 206 Å². The van der Waals surface area contributed by atoms with Crippen molar-refractivity contribution < 1.29 is 0 Å². The second-order valence-electron chi connectivity index (χ2n) is 15.6. The molecule has 2 nitrogen and oxygen atoms in total. The van der Waals surface area contributed by atoms with E-state index in [4.69, 9.17) is 0 Å². The van der Waals surface area contributed by atoms with Crippen LogP contribution in [0, 0.1) is 0 Å². The van der Waals surface area contributed by atoms with Crippen LogP contribution in [0.4, 0.5) is 17.1 Å². The SMILES string of the molecule is CC.CC.CCC.c1ccc(-c2ccc(N(c3ccc(-c4ccc5sc6ccccc6c5c4)cc3)c3ccc(-c4cccc5c6cccc7c8ccccc8n(c45)c76)cc3)cc2)cc1. The molecule has 0 fully saturated rings. The molecule has 3 heterocycles. The molecule has 0 saturated carbocycles. The predicted octanol–water partition coefficient (Wildman–Crippen LogP) is 19.1. The Morgan fingerprint density at radius 2 is 0.797 bits per heavy atom. The number of nitrogens with zero attached hydrogens (tertiary/aromatic N) is 2. The Labute approximate surface area is 381 Å². The summed E-state index contributed by atoms with van der Waals surface area (Å²) in [5, 5.41) is 7.83. The minimum Gasteiger partial charge on any atom is -0.311 e. The maximum atomic E-state index is 2.49. The fourth-order valence-electron chi connectivity index (χ4n) is 9.08. The Hall–Kier alpha value is -7.20. The fourth-order valence-corrected chi connectivity index (χ4v) is 10.2. The molecule has 0 aliphatic carbocycles. The van der Waals surface area contributed by atoms with Crippen LogP contribution < -0.4 is 4.90 Å². The summed E-state index contributed by atoms with van der Waals surface area (Å²) in [4.78, 5) is 2.37. The molecule has 0 radical (unpaired) electrons. The molecule has 12 aromatic rings. The van der Waals surface area contributed by atoms with Gasteiger partial charge in [-0.1, -0.05) is 194 Å². The molecule has 0 amide bonds. The summed E-state index contributed by atoms with van der Waals surface area (Å²) >= 11 is 1.86. The van der Waals surface area contributed by atoms with Gasteiger partial charge in [0.1, 0.15) is 0 Å². The van der Waals surface area contributed by atoms with Gasteiger partial charge in [0.25, 0.3) is 0 Å². The lowest BCUT2D eigenvalue weighted by atomic mass is 10.00.